The molecule has 31 heavy (non-hydrogen) atoms. The Hall–Kier alpha value is -2.53. The monoisotopic (exact) mass is 424 g/mol. The highest BCUT2D eigenvalue weighted by Gasteiger charge is 2.23. The van der Waals surface area contributed by atoms with Gasteiger partial charge in [0.05, 0.1) is 19.9 Å². The fourth-order valence-electron chi connectivity index (χ4n) is 4.33. The first-order valence-corrected chi connectivity index (χ1v) is 11.4. The van der Waals surface area contributed by atoms with Crippen molar-refractivity contribution in [1.29, 1.82) is 0 Å². The van der Waals surface area contributed by atoms with Crippen LogP contribution in [0.15, 0.2) is 48.5 Å². The van der Waals surface area contributed by atoms with E-state index >= 15 is 0 Å². The highest BCUT2D eigenvalue weighted by Crippen LogP contribution is 2.30. The average molecular weight is 425 g/mol. The zero-order chi connectivity index (χ0) is 22.1. The lowest BCUT2D eigenvalue weighted by molar-refractivity contribution is -0.116. The Kier molecular flexibility index (Phi) is 8.77. The molecule has 2 aromatic rings. The van der Waals surface area contributed by atoms with Gasteiger partial charge in [-0.2, -0.15) is 0 Å². The lowest BCUT2D eigenvalue weighted by Gasteiger charge is -2.36. The number of carbonyl (C=O) groups is 1. The quantitative estimate of drug-likeness (QED) is 0.573. The molecule has 1 amide bonds. The first-order valence-electron chi connectivity index (χ1n) is 11.4. The van der Waals surface area contributed by atoms with Crippen molar-refractivity contribution < 1.29 is 14.3 Å². The van der Waals surface area contributed by atoms with Gasteiger partial charge < -0.3 is 19.7 Å². The van der Waals surface area contributed by atoms with E-state index in [1.807, 2.05) is 12.1 Å². The van der Waals surface area contributed by atoms with E-state index in [4.69, 9.17) is 9.47 Å². The molecule has 1 atom stereocenters. The van der Waals surface area contributed by atoms with Gasteiger partial charge in [-0.05, 0) is 75.7 Å². The van der Waals surface area contributed by atoms with Crippen LogP contribution >= 0.6 is 0 Å². The van der Waals surface area contributed by atoms with E-state index in [1.165, 1.54) is 24.8 Å². The van der Waals surface area contributed by atoms with E-state index in [9.17, 15) is 4.79 Å². The molecule has 0 unspecified atom stereocenters. The summed E-state index contributed by atoms with van der Waals surface area (Å²) in [5, 5.41) is 2.98. The van der Waals surface area contributed by atoms with Gasteiger partial charge in [0.1, 0.15) is 11.5 Å². The fourth-order valence-corrected chi connectivity index (χ4v) is 4.33. The summed E-state index contributed by atoms with van der Waals surface area (Å²) in [7, 11) is 3.21. The zero-order valence-electron chi connectivity index (χ0n) is 19.1. The number of nitrogens with zero attached hydrogens (tertiary/aromatic N) is 1. The first-order chi connectivity index (χ1) is 15.1. The number of piperidine rings is 1. The molecule has 2 aromatic carbocycles. The minimum Gasteiger partial charge on any atom is -0.497 e. The van der Waals surface area contributed by atoms with E-state index in [-0.39, 0.29) is 5.91 Å². The van der Waals surface area contributed by atoms with Gasteiger partial charge in [0, 0.05) is 18.5 Å². The third-order valence-electron chi connectivity index (χ3n) is 6.43. The number of amides is 1. The number of hydrogen-bond acceptors (Lipinski definition) is 4. The average Bonchev–Trinajstić information content (AvgIpc) is 2.82. The van der Waals surface area contributed by atoms with Crippen LogP contribution in [0.4, 0.5) is 5.69 Å². The van der Waals surface area contributed by atoms with Crippen LogP contribution < -0.4 is 14.8 Å². The van der Waals surface area contributed by atoms with E-state index in [0.717, 1.165) is 25.9 Å². The van der Waals surface area contributed by atoms with Crippen molar-refractivity contribution in [2.24, 2.45) is 5.92 Å². The maximum absolute atomic E-state index is 12.5. The lowest BCUT2D eigenvalue weighted by atomic mass is 9.91. The lowest BCUT2D eigenvalue weighted by Crippen LogP contribution is -2.40. The van der Waals surface area contributed by atoms with Crippen molar-refractivity contribution in [3.63, 3.8) is 0 Å². The maximum atomic E-state index is 12.5. The second-order valence-electron chi connectivity index (χ2n) is 8.51. The van der Waals surface area contributed by atoms with Gasteiger partial charge in [0.25, 0.3) is 0 Å². The van der Waals surface area contributed by atoms with E-state index in [1.54, 1.807) is 20.3 Å². The molecule has 3 rings (SSSR count). The molecule has 0 spiro atoms. The number of ether oxygens (including phenoxy) is 2. The second kappa shape index (κ2) is 11.8. The minimum absolute atomic E-state index is 0.0436. The molecule has 1 N–H and O–H groups in total. The number of hydrogen-bond donors (Lipinski definition) is 1. The molecule has 5 nitrogen and oxygen atoms in total. The molecule has 0 aromatic heterocycles. The summed E-state index contributed by atoms with van der Waals surface area (Å²) in [4.78, 5) is 15.1. The summed E-state index contributed by atoms with van der Waals surface area (Å²) >= 11 is 0. The summed E-state index contributed by atoms with van der Waals surface area (Å²) in [6, 6.07) is 16.8. The van der Waals surface area contributed by atoms with Crippen LogP contribution in [0, 0.1) is 5.92 Å². The predicted octanol–water partition coefficient (Wildman–Crippen LogP) is 5.16. The smallest absolute Gasteiger partial charge is 0.224 e. The van der Waals surface area contributed by atoms with Crippen LogP contribution in [-0.2, 0) is 11.2 Å². The summed E-state index contributed by atoms with van der Waals surface area (Å²) in [6.45, 7) is 4.61. The number of likely N-dealkylation sites (tertiary alicyclic amines) is 1. The van der Waals surface area contributed by atoms with Gasteiger partial charge in [-0.25, -0.2) is 0 Å². The molecular weight excluding hydrogens is 388 g/mol. The largest absolute Gasteiger partial charge is 0.497 e. The van der Waals surface area contributed by atoms with E-state index in [2.05, 4.69) is 47.5 Å². The molecule has 1 aliphatic rings. The number of anilines is 1. The van der Waals surface area contributed by atoms with Crippen LogP contribution in [0.25, 0.3) is 0 Å². The predicted molar refractivity (Wildman–Crippen MR) is 126 cm³/mol. The first kappa shape index (κ1) is 23.1. The Morgan fingerprint density at radius 3 is 2.52 bits per heavy atom. The molecule has 0 bridgehead atoms. The van der Waals surface area contributed by atoms with Crippen molar-refractivity contribution >= 4 is 11.6 Å². The Labute approximate surface area is 186 Å². The number of nitrogens with one attached hydrogen (secondary N) is 1. The fraction of sp³-hybridized carbons (Fsp3) is 0.500. The molecule has 0 radical (unpaired) electrons. The molecular formula is C26H36N2O3. The number of benzene rings is 2. The normalized spacial score (nSPS) is 16.0. The van der Waals surface area contributed by atoms with Crippen molar-refractivity contribution in [3.8, 4) is 11.5 Å². The summed E-state index contributed by atoms with van der Waals surface area (Å²) in [5.74, 6) is 1.99. The third kappa shape index (κ3) is 7.00. The van der Waals surface area contributed by atoms with Crippen LogP contribution in [0.1, 0.15) is 44.6 Å². The number of carbonyl (C=O) groups excluding carboxylic acids is 1. The van der Waals surface area contributed by atoms with E-state index in [0.29, 0.717) is 35.6 Å². The molecule has 0 saturated carbocycles. The Balaban J connectivity index is 1.37. The Morgan fingerprint density at radius 1 is 1.10 bits per heavy atom. The standard InChI is InChI=1S/C26H36N2O3/c1-20(9-10-21-7-5-4-6-8-21)28-17-15-22(16-18-28)11-14-26(29)27-24-13-12-23(30-2)19-25(24)31-3/h4-8,12-13,19-20,22H,9-11,14-18H2,1-3H3,(H,27,29)/t20-/m1/s1. The van der Waals surface area contributed by atoms with Crippen molar-refractivity contribution in [1.82, 2.24) is 4.90 Å². The van der Waals surface area contributed by atoms with Crippen molar-refractivity contribution in [3.05, 3.63) is 54.1 Å². The molecule has 1 heterocycles. The number of aryl methyl sites for hydroxylation is 1. The third-order valence-corrected chi connectivity index (χ3v) is 6.43. The summed E-state index contributed by atoms with van der Waals surface area (Å²) < 4.78 is 10.6. The van der Waals surface area contributed by atoms with Crippen LogP contribution in [0.3, 0.4) is 0 Å². The summed E-state index contributed by atoms with van der Waals surface area (Å²) in [5.41, 5.74) is 2.11. The Morgan fingerprint density at radius 2 is 1.84 bits per heavy atom. The maximum Gasteiger partial charge on any atom is 0.224 e. The number of rotatable bonds is 10. The second-order valence-corrected chi connectivity index (χ2v) is 8.51. The summed E-state index contributed by atoms with van der Waals surface area (Å²) in [6.07, 6.45) is 6.17. The number of methoxy groups -OCH3 is 2. The van der Waals surface area contributed by atoms with Crippen LogP contribution in [0.2, 0.25) is 0 Å². The van der Waals surface area contributed by atoms with Gasteiger partial charge in [0.15, 0.2) is 0 Å². The van der Waals surface area contributed by atoms with Gasteiger partial charge in [0.2, 0.25) is 5.91 Å². The topological polar surface area (TPSA) is 50.8 Å². The van der Waals surface area contributed by atoms with Gasteiger partial charge in [-0.3, -0.25) is 4.79 Å². The molecule has 0 aliphatic carbocycles. The van der Waals surface area contributed by atoms with Crippen LogP contribution in [0.5, 0.6) is 11.5 Å². The highest BCUT2D eigenvalue weighted by molar-refractivity contribution is 5.92. The van der Waals surface area contributed by atoms with Crippen molar-refractivity contribution in [2.45, 2.75) is 51.5 Å². The SMILES string of the molecule is COc1ccc(NC(=O)CCC2CCN([C@H](C)CCc3ccccc3)CC2)c(OC)c1. The molecule has 168 valence electrons. The van der Waals surface area contributed by atoms with E-state index < -0.39 is 0 Å². The molecule has 5 heteroatoms. The minimum atomic E-state index is 0.0436. The van der Waals surface area contributed by atoms with Gasteiger partial charge in [-0.15, -0.1) is 0 Å². The highest BCUT2D eigenvalue weighted by atomic mass is 16.5. The van der Waals surface area contributed by atoms with Crippen LogP contribution in [-0.4, -0.2) is 44.2 Å². The van der Waals surface area contributed by atoms with Gasteiger partial charge >= 0.3 is 0 Å². The zero-order valence-corrected chi connectivity index (χ0v) is 19.1. The van der Waals surface area contributed by atoms with Gasteiger partial charge in [-0.1, -0.05) is 30.3 Å². The molecule has 1 aliphatic heterocycles. The molecule has 1 saturated heterocycles. The van der Waals surface area contributed by atoms with Crippen molar-refractivity contribution in [2.75, 3.05) is 32.6 Å². The molecule has 1 fully saturated rings. The Bertz CT molecular complexity index is 817.